The fourth-order valence-electron chi connectivity index (χ4n) is 4.10. The van der Waals surface area contributed by atoms with E-state index in [2.05, 4.69) is 59.7 Å². The molecule has 1 aromatic heterocycles. The summed E-state index contributed by atoms with van der Waals surface area (Å²) in [5, 5.41) is 0.725. The molecule has 0 amide bonds. The fourth-order valence-corrected chi connectivity index (χ4v) is 4.26. The maximum Gasteiger partial charge on any atom is 0.127 e. The van der Waals surface area contributed by atoms with Gasteiger partial charge in [0.15, 0.2) is 0 Å². The largest absolute Gasteiger partial charge is 0.330 e. The molecule has 29 heavy (non-hydrogen) atoms. The average Bonchev–Trinajstić information content (AvgIpc) is 3.24. The van der Waals surface area contributed by atoms with E-state index < -0.39 is 0 Å². The summed E-state index contributed by atoms with van der Waals surface area (Å²) in [6.07, 6.45) is 1.14. The normalized spacial score (nSPS) is 20.3. The maximum absolute atomic E-state index is 6.23. The van der Waals surface area contributed by atoms with Crippen LogP contribution in [0.1, 0.15) is 37.7 Å². The molecule has 0 aliphatic carbocycles. The van der Waals surface area contributed by atoms with Gasteiger partial charge < -0.3 is 10.3 Å². The van der Waals surface area contributed by atoms with Crippen molar-refractivity contribution in [2.75, 3.05) is 19.6 Å². The molecule has 0 bridgehead atoms. The minimum Gasteiger partial charge on any atom is -0.330 e. The number of nitrogens with two attached hydrogens (primary N) is 1. The molecule has 0 saturated carbocycles. The third-order valence-electron chi connectivity index (χ3n) is 5.92. The number of rotatable bonds is 5. The first-order valence-electron chi connectivity index (χ1n) is 9.63. The molecule has 4 rings (SSSR count). The molecular weight excluding hydrogens is 427 g/mol. The molecule has 2 aromatic carbocycles. The quantitative estimate of drug-likeness (QED) is 0.567. The van der Waals surface area contributed by atoms with E-state index in [0.717, 1.165) is 54.5 Å². The van der Waals surface area contributed by atoms with E-state index >= 15 is 0 Å². The van der Waals surface area contributed by atoms with Crippen molar-refractivity contribution in [1.29, 1.82) is 0 Å². The fraction of sp³-hybridized carbons (Fsp3) is 0.409. The van der Waals surface area contributed by atoms with Crippen molar-refractivity contribution >= 4 is 47.4 Å². The highest BCUT2D eigenvalue weighted by Gasteiger charge is 2.36. The van der Waals surface area contributed by atoms with Crippen LogP contribution in [0.3, 0.4) is 0 Å². The van der Waals surface area contributed by atoms with Gasteiger partial charge in [-0.2, -0.15) is 0 Å². The summed E-state index contributed by atoms with van der Waals surface area (Å²) in [4.78, 5) is 7.50. The first-order valence-corrected chi connectivity index (χ1v) is 10.0. The summed E-state index contributed by atoms with van der Waals surface area (Å²) in [5.74, 6) is 1.09. The Kier molecular flexibility index (Phi) is 8.00. The minimum absolute atomic E-state index is 0. The number of aromatic nitrogens is 2. The summed E-state index contributed by atoms with van der Waals surface area (Å²) in [7, 11) is 0. The summed E-state index contributed by atoms with van der Waals surface area (Å²) in [6, 6.07) is 16.8. The van der Waals surface area contributed by atoms with Crippen LogP contribution in [0.15, 0.2) is 48.5 Å². The lowest BCUT2D eigenvalue weighted by atomic mass is 9.90. The lowest BCUT2D eigenvalue weighted by molar-refractivity contribution is 0.217. The van der Waals surface area contributed by atoms with Gasteiger partial charge >= 0.3 is 0 Å². The number of hydrogen-bond donors (Lipinski definition) is 1. The van der Waals surface area contributed by atoms with Crippen molar-refractivity contribution < 1.29 is 0 Å². The van der Waals surface area contributed by atoms with Gasteiger partial charge in [-0.05, 0) is 55.6 Å². The van der Waals surface area contributed by atoms with Gasteiger partial charge in [0, 0.05) is 18.1 Å². The first-order chi connectivity index (χ1) is 13.0. The molecular formula is C22H29Cl3N4. The van der Waals surface area contributed by atoms with Gasteiger partial charge in [-0.3, -0.25) is 4.90 Å². The van der Waals surface area contributed by atoms with Crippen LogP contribution in [0.5, 0.6) is 0 Å². The number of benzene rings is 2. The van der Waals surface area contributed by atoms with E-state index in [1.807, 2.05) is 12.1 Å². The van der Waals surface area contributed by atoms with Crippen molar-refractivity contribution in [3.05, 3.63) is 64.9 Å². The topological polar surface area (TPSA) is 47.1 Å². The number of nitrogens with zero attached hydrogens (tertiary/aromatic N) is 3. The Morgan fingerprint density at radius 1 is 1.17 bits per heavy atom. The SMILES string of the molecule is CC(c1nc2cc(Cl)ccc2n1Cc1ccccc1)N1CCC(C)(CN)C1.Cl.Cl. The summed E-state index contributed by atoms with van der Waals surface area (Å²) >= 11 is 6.23. The predicted molar refractivity (Wildman–Crippen MR) is 127 cm³/mol. The van der Waals surface area contributed by atoms with Crippen LogP contribution in [-0.4, -0.2) is 34.1 Å². The number of fused-ring (bicyclic) bond motifs is 1. The molecule has 1 aliphatic rings. The second-order valence-electron chi connectivity index (χ2n) is 8.09. The van der Waals surface area contributed by atoms with Crippen LogP contribution in [-0.2, 0) is 6.54 Å². The third kappa shape index (κ3) is 4.89. The highest BCUT2D eigenvalue weighted by Crippen LogP contribution is 2.35. The van der Waals surface area contributed by atoms with E-state index in [9.17, 15) is 0 Å². The van der Waals surface area contributed by atoms with Crippen molar-refractivity contribution in [3.8, 4) is 0 Å². The molecule has 158 valence electrons. The van der Waals surface area contributed by atoms with Gasteiger partial charge in [-0.1, -0.05) is 48.9 Å². The number of hydrogen-bond acceptors (Lipinski definition) is 3. The Labute approximate surface area is 190 Å². The molecule has 1 aliphatic heterocycles. The molecule has 2 unspecified atom stereocenters. The molecule has 2 N–H and O–H groups in total. The summed E-state index contributed by atoms with van der Waals surface area (Å²) < 4.78 is 2.34. The predicted octanol–water partition coefficient (Wildman–Crippen LogP) is 5.31. The van der Waals surface area contributed by atoms with E-state index in [4.69, 9.17) is 22.3 Å². The Morgan fingerprint density at radius 2 is 1.90 bits per heavy atom. The van der Waals surface area contributed by atoms with Crippen molar-refractivity contribution in [2.45, 2.75) is 32.9 Å². The number of likely N-dealkylation sites (tertiary alicyclic amines) is 1. The first kappa shape index (κ1) is 24.0. The Hall–Kier alpha value is -1.30. The summed E-state index contributed by atoms with van der Waals surface area (Å²) in [5.41, 5.74) is 9.58. The van der Waals surface area contributed by atoms with Crippen molar-refractivity contribution in [3.63, 3.8) is 0 Å². The van der Waals surface area contributed by atoms with E-state index in [1.54, 1.807) is 0 Å². The zero-order valence-electron chi connectivity index (χ0n) is 16.8. The van der Waals surface area contributed by atoms with Crippen LogP contribution in [0.4, 0.5) is 0 Å². The Bertz CT molecular complexity index is 944. The van der Waals surface area contributed by atoms with Gasteiger partial charge in [0.25, 0.3) is 0 Å². The molecule has 0 radical (unpaired) electrons. The van der Waals surface area contributed by atoms with Crippen LogP contribution in [0.25, 0.3) is 11.0 Å². The van der Waals surface area contributed by atoms with E-state index in [-0.39, 0.29) is 36.3 Å². The zero-order valence-corrected chi connectivity index (χ0v) is 19.2. The van der Waals surface area contributed by atoms with Crippen LogP contribution in [0.2, 0.25) is 5.02 Å². The van der Waals surface area contributed by atoms with Crippen molar-refractivity contribution in [1.82, 2.24) is 14.5 Å². The molecule has 4 nitrogen and oxygen atoms in total. The third-order valence-corrected chi connectivity index (χ3v) is 6.16. The lowest BCUT2D eigenvalue weighted by Gasteiger charge is -2.27. The summed E-state index contributed by atoms with van der Waals surface area (Å²) in [6.45, 7) is 8.15. The molecule has 2 atom stereocenters. The van der Waals surface area contributed by atoms with Gasteiger partial charge in [0.1, 0.15) is 5.82 Å². The van der Waals surface area contributed by atoms with Crippen LogP contribution in [0, 0.1) is 5.41 Å². The second-order valence-corrected chi connectivity index (χ2v) is 8.52. The van der Waals surface area contributed by atoms with Gasteiger partial charge in [-0.15, -0.1) is 24.8 Å². The molecule has 1 fully saturated rings. The van der Waals surface area contributed by atoms with E-state index in [0.29, 0.717) is 0 Å². The van der Waals surface area contributed by atoms with Gasteiger partial charge in [0.2, 0.25) is 0 Å². The maximum atomic E-state index is 6.23. The van der Waals surface area contributed by atoms with Crippen LogP contribution < -0.4 is 5.73 Å². The smallest absolute Gasteiger partial charge is 0.127 e. The van der Waals surface area contributed by atoms with Crippen LogP contribution >= 0.6 is 36.4 Å². The molecule has 2 heterocycles. The Morgan fingerprint density at radius 3 is 2.55 bits per heavy atom. The van der Waals surface area contributed by atoms with E-state index in [1.165, 1.54) is 5.56 Å². The minimum atomic E-state index is 0. The van der Waals surface area contributed by atoms with Crippen molar-refractivity contribution in [2.24, 2.45) is 11.1 Å². The molecule has 0 spiro atoms. The monoisotopic (exact) mass is 454 g/mol. The molecule has 3 aromatic rings. The van der Waals surface area contributed by atoms with Gasteiger partial charge in [0.05, 0.1) is 17.1 Å². The zero-order chi connectivity index (χ0) is 19.0. The number of halogens is 3. The van der Waals surface area contributed by atoms with Gasteiger partial charge in [-0.25, -0.2) is 4.98 Å². The second kappa shape index (κ2) is 9.67. The lowest BCUT2D eigenvalue weighted by Crippen LogP contribution is -2.33. The average molecular weight is 456 g/mol. The molecule has 7 heteroatoms. The standard InChI is InChI=1S/C22H27ClN4.2ClH/c1-16(26-11-10-22(2,14-24)15-26)21-25-19-12-18(23)8-9-20(19)27(21)13-17-6-4-3-5-7-17;;/h3-9,12,16H,10-11,13-15,24H2,1-2H3;2*1H. The molecule has 1 saturated heterocycles. The highest BCUT2D eigenvalue weighted by molar-refractivity contribution is 6.31. The highest BCUT2D eigenvalue weighted by atomic mass is 35.5. The number of imidazole rings is 1. The Balaban J connectivity index is 0.00000150.